The Balaban J connectivity index is 1.71. The molecule has 2 aromatic rings. The number of morpholine rings is 1. The first-order chi connectivity index (χ1) is 15.1. The van der Waals surface area contributed by atoms with Crippen molar-refractivity contribution in [2.24, 2.45) is 0 Å². The fraction of sp³-hybridized carbons (Fsp3) is 0.333. The van der Waals surface area contributed by atoms with Crippen molar-refractivity contribution in [3.8, 4) is 17.6 Å². The van der Waals surface area contributed by atoms with Crippen LogP contribution in [0.4, 0.5) is 5.13 Å². The smallest absolute Gasteiger partial charge is 0.268 e. The quantitative estimate of drug-likeness (QED) is 0.493. The fourth-order valence-corrected chi connectivity index (χ4v) is 3.33. The first-order valence-corrected chi connectivity index (χ1v) is 10.6. The highest BCUT2D eigenvalue weighted by Crippen LogP contribution is 2.29. The molecule has 10 heteroatoms. The van der Waals surface area contributed by atoms with Gasteiger partial charge in [0.2, 0.25) is 0 Å². The van der Waals surface area contributed by atoms with Crippen LogP contribution in [0.1, 0.15) is 12.5 Å². The van der Waals surface area contributed by atoms with Gasteiger partial charge in [-0.15, -0.1) is 11.3 Å². The largest absolute Gasteiger partial charge is 0.490 e. The number of nitrogens with zero attached hydrogens (tertiary/aromatic N) is 3. The lowest BCUT2D eigenvalue weighted by atomic mass is 10.1. The van der Waals surface area contributed by atoms with Crippen LogP contribution in [0.2, 0.25) is 0 Å². The highest BCUT2D eigenvalue weighted by atomic mass is 32.1. The highest BCUT2D eigenvalue weighted by Gasteiger charge is 2.18. The average Bonchev–Trinajstić information content (AvgIpc) is 3.30. The summed E-state index contributed by atoms with van der Waals surface area (Å²) >= 11 is 1.26. The molecule has 1 aromatic carbocycles. The van der Waals surface area contributed by atoms with Gasteiger partial charge < -0.3 is 19.1 Å². The molecule has 0 bridgehead atoms. The van der Waals surface area contributed by atoms with Crippen LogP contribution in [-0.4, -0.2) is 61.2 Å². The predicted octanol–water partition coefficient (Wildman–Crippen LogP) is 2.33. The molecule has 1 N–H and O–H groups in total. The molecule has 1 aliphatic heterocycles. The second-order valence-electron chi connectivity index (χ2n) is 6.38. The molecule has 0 atom stereocenters. The molecule has 0 spiro atoms. The highest BCUT2D eigenvalue weighted by molar-refractivity contribution is 7.13. The van der Waals surface area contributed by atoms with Crippen molar-refractivity contribution in [1.82, 2.24) is 9.88 Å². The van der Waals surface area contributed by atoms with Crippen LogP contribution in [0, 0.1) is 11.3 Å². The Labute approximate surface area is 183 Å². The number of carbonyl (C=O) groups is 2. The number of benzene rings is 1. The molecule has 162 valence electrons. The number of rotatable bonds is 8. The Morgan fingerprint density at radius 1 is 1.32 bits per heavy atom. The van der Waals surface area contributed by atoms with E-state index in [9.17, 15) is 14.9 Å². The van der Waals surface area contributed by atoms with Crippen molar-refractivity contribution in [2.45, 2.75) is 6.92 Å². The van der Waals surface area contributed by atoms with Gasteiger partial charge in [0.05, 0.1) is 19.8 Å². The van der Waals surface area contributed by atoms with Gasteiger partial charge >= 0.3 is 0 Å². The van der Waals surface area contributed by atoms with Crippen LogP contribution in [0.15, 0.2) is 35.3 Å². The Morgan fingerprint density at radius 2 is 2.13 bits per heavy atom. The number of amides is 2. The normalized spacial score (nSPS) is 13.9. The molecule has 0 aliphatic carbocycles. The van der Waals surface area contributed by atoms with Crippen molar-refractivity contribution in [3.63, 3.8) is 0 Å². The van der Waals surface area contributed by atoms with Gasteiger partial charge in [-0.25, -0.2) is 4.98 Å². The average molecular weight is 442 g/mol. The third-order valence-electron chi connectivity index (χ3n) is 4.31. The van der Waals surface area contributed by atoms with Gasteiger partial charge in [-0.05, 0) is 30.7 Å². The maximum Gasteiger partial charge on any atom is 0.268 e. The summed E-state index contributed by atoms with van der Waals surface area (Å²) in [6.07, 6.45) is 3.01. The molecule has 1 fully saturated rings. The maximum atomic E-state index is 12.3. The zero-order valence-electron chi connectivity index (χ0n) is 17.0. The molecule has 31 heavy (non-hydrogen) atoms. The van der Waals surface area contributed by atoms with Crippen molar-refractivity contribution >= 4 is 34.4 Å². The zero-order chi connectivity index (χ0) is 22.1. The van der Waals surface area contributed by atoms with E-state index in [1.165, 1.54) is 17.4 Å². The van der Waals surface area contributed by atoms with Crippen LogP contribution >= 0.6 is 11.3 Å². The number of nitriles is 1. The summed E-state index contributed by atoms with van der Waals surface area (Å²) in [7, 11) is 0. The number of nitrogens with one attached hydrogen (secondary N) is 1. The van der Waals surface area contributed by atoms with Crippen LogP contribution in [0.5, 0.6) is 11.5 Å². The molecule has 1 saturated heterocycles. The lowest BCUT2D eigenvalue weighted by Gasteiger charge is -2.26. The van der Waals surface area contributed by atoms with E-state index < -0.39 is 5.91 Å². The molecular weight excluding hydrogens is 420 g/mol. The van der Waals surface area contributed by atoms with E-state index in [1.54, 1.807) is 34.7 Å². The van der Waals surface area contributed by atoms with E-state index in [2.05, 4.69) is 10.3 Å². The van der Waals surface area contributed by atoms with Gasteiger partial charge in [0.15, 0.2) is 23.2 Å². The van der Waals surface area contributed by atoms with Crippen LogP contribution in [-0.2, 0) is 14.3 Å². The molecule has 9 nitrogen and oxygen atoms in total. The molecule has 1 aliphatic rings. The standard InChI is InChI=1S/C21H22N4O5S/c1-2-29-18-12-15(11-16(13-22)20(27)24-21-23-5-10-31-21)3-4-17(18)30-14-19(26)25-6-8-28-9-7-25/h3-5,10-12H,2,6-9,14H2,1H3,(H,23,24,27). The van der Waals surface area contributed by atoms with Crippen molar-refractivity contribution in [1.29, 1.82) is 5.26 Å². The number of hydrogen-bond donors (Lipinski definition) is 1. The summed E-state index contributed by atoms with van der Waals surface area (Å²) in [5.74, 6) is 0.155. The van der Waals surface area contributed by atoms with Gasteiger partial charge in [0.1, 0.15) is 11.6 Å². The second-order valence-corrected chi connectivity index (χ2v) is 7.28. The van der Waals surface area contributed by atoms with E-state index in [0.29, 0.717) is 55.1 Å². The number of ether oxygens (including phenoxy) is 3. The number of carbonyl (C=O) groups excluding carboxylic acids is 2. The zero-order valence-corrected chi connectivity index (χ0v) is 17.8. The van der Waals surface area contributed by atoms with Crippen LogP contribution < -0.4 is 14.8 Å². The summed E-state index contributed by atoms with van der Waals surface area (Å²) in [6, 6.07) is 6.89. The lowest BCUT2D eigenvalue weighted by molar-refractivity contribution is -0.137. The molecule has 0 unspecified atom stereocenters. The molecule has 3 rings (SSSR count). The molecular formula is C21H22N4O5S. The first-order valence-electron chi connectivity index (χ1n) is 9.68. The Bertz CT molecular complexity index is 978. The van der Waals surface area contributed by atoms with E-state index in [-0.39, 0.29) is 18.1 Å². The fourth-order valence-electron chi connectivity index (χ4n) is 2.81. The number of hydrogen-bond acceptors (Lipinski definition) is 8. The summed E-state index contributed by atoms with van der Waals surface area (Å²) in [6.45, 7) is 4.23. The van der Waals surface area contributed by atoms with Gasteiger partial charge in [-0.3, -0.25) is 14.9 Å². The van der Waals surface area contributed by atoms with Gasteiger partial charge in [0.25, 0.3) is 11.8 Å². The minimum Gasteiger partial charge on any atom is -0.490 e. The Kier molecular flexibility index (Phi) is 7.98. The lowest BCUT2D eigenvalue weighted by Crippen LogP contribution is -2.43. The molecule has 2 heterocycles. The van der Waals surface area contributed by atoms with Crippen molar-refractivity contribution in [3.05, 3.63) is 40.9 Å². The SMILES string of the molecule is CCOc1cc(C=C(C#N)C(=O)Nc2nccs2)ccc1OCC(=O)N1CCOCC1. The number of thiazole rings is 1. The van der Waals surface area contributed by atoms with Gasteiger partial charge in [-0.2, -0.15) is 5.26 Å². The van der Waals surface area contributed by atoms with Crippen LogP contribution in [0.25, 0.3) is 6.08 Å². The minimum atomic E-state index is -0.549. The van der Waals surface area contributed by atoms with Crippen molar-refractivity contribution < 1.29 is 23.8 Å². The Morgan fingerprint density at radius 3 is 2.81 bits per heavy atom. The summed E-state index contributed by atoms with van der Waals surface area (Å²) < 4.78 is 16.6. The topological polar surface area (TPSA) is 114 Å². The monoisotopic (exact) mass is 442 g/mol. The van der Waals surface area contributed by atoms with Gasteiger partial charge in [0, 0.05) is 24.7 Å². The number of anilines is 1. The maximum absolute atomic E-state index is 12.3. The predicted molar refractivity (Wildman–Crippen MR) is 115 cm³/mol. The number of aromatic nitrogens is 1. The van der Waals surface area contributed by atoms with E-state index >= 15 is 0 Å². The van der Waals surface area contributed by atoms with E-state index in [0.717, 1.165) is 0 Å². The van der Waals surface area contributed by atoms with Crippen molar-refractivity contribution in [2.75, 3.05) is 44.8 Å². The molecule has 1 aromatic heterocycles. The molecule has 0 radical (unpaired) electrons. The van der Waals surface area contributed by atoms with E-state index in [4.69, 9.17) is 14.2 Å². The Hall–Kier alpha value is -3.42. The molecule has 2 amide bonds. The second kappa shape index (κ2) is 11.1. The summed E-state index contributed by atoms with van der Waals surface area (Å²) in [5, 5.41) is 14.1. The van der Waals surface area contributed by atoms with Gasteiger partial charge in [-0.1, -0.05) is 6.07 Å². The third kappa shape index (κ3) is 6.28. The third-order valence-corrected chi connectivity index (χ3v) is 5.00. The minimum absolute atomic E-state index is 0.0752. The first kappa shape index (κ1) is 22.3. The van der Waals surface area contributed by atoms with Crippen LogP contribution in [0.3, 0.4) is 0 Å². The summed E-state index contributed by atoms with van der Waals surface area (Å²) in [5.41, 5.74) is 0.509. The summed E-state index contributed by atoms with van der Waals surface area (Å²) in [4.78, 5) is 30.3. The molecule has 0 saturated carbocycles. The van der Waals surface area contributed by atoms with E-state index in [1.807, 2.05) is 13.0 Å².